The van der Waals surface area contributed by atoms with E-state index in [0.717, 1.165) is 17.0 Å². The molecule has 0 aliphatic carbocycles. The average molecular weight is 264 g/mol. The van der Waals surface area contributed by atoms with E-state index >= 15 is 0 Å². The lowest BCUT2D eigenvalue weighted by molar-refractivity contribution is -0.388. The van der Waals surface area contributed by atoms with Crippen LogP contribution in [-0.2, 0) is 20.6 Å². The summed E-state index contributed by atoms with van der Waals surface area (Å²) in [6.45, 7) is 4.36. The van der Waals surface area contributed by atoms with E-state index in [-0.39, 0.29) is 5.82 Å². The first-order valence-electron chi connectivity index (χ1n) is 5.80. The molecule has 0 saturated heterocycles. The topological polar surface area (TPSA) is 90.8 Å². The maximum Gasteiger partial charge on any atom is 0.406 e. The van der Waals surface area contributed by atoms with E-state index in [1.54, 1.807) is 16.3 Å². The first-order valence-corrected chi connectivity index (χ1v) is 5.80. The van der Waals surface area contributed by atoms with Crippen molar-refractivity contribution in [3.05, 3.63) is 33.4 Å². The highest BCUT2D eigenvalue weighted by Gasteiger charge is 2.20. The number of hydrogen-bond acceptors (Lipinski definition) is 5. The lowest BCUT2D eigenvalue weighted by Crippen LogP contribution is -2.07. The molecule has 8 heteroatoms. The van der Waals surface area contributed by atoms with Gasteiger partial charge in [-0.3, -0.25) is 9.25 Å². The van der Waals surface area contributed by atoms with E-state index in [9.17, 15) is 10.1 Å². The van der Waals surface area contributed by atoms with Gasteiger partial charge in [0.15, 0.2) is 0 Å². The highest BCUT2D eigenvalue weighted by atomic mass is 16.6. The van der Waals surface area contributed by atoms with Crippen LogP contribution in [0.5, 0.6) is 0 Å². The van der Waals surface area contributed by atoms with E-state index < -0.39 is 4.92 Å². The van der Waals surface area contributed by atoms with Gasteiger partial charge in [-0.15, -0.1) is 0 Å². The number of rotatable bonds is 4. The molecule has 0 bridgehead atoms. The Morgan fingerprint density at radius 3 is 2.63 bits per heavy atom. The fraction of sp³-hybridized carbons (Fsp3) is 0.455. The van der Waals surface area contributed by atoms with Crippen molar-refractivity contribution in [1.29, 1.82) is 0 Å². The maximum absolute atomic E-state index is 10.9. The first kappa shape index (κ1) is 13.1. The molecule has 0 spiro atoms. The molecule has 8 nitrogen and oxygen atoms in total. The van der Waals surface area contributed by atoms with Crippen molar-refractivity contribution < 1.29 is 4.92 Å². The number of nitrogens with zero attached hydrogens (tertiary/aromatic N) is 5. The molecule has 1 N–H and O–H groups in total. The van der Waals surface area contributed by atoms with Crippen molar-refractivity contribution in [2.24, 2.45) is 14.1 Å². The summed E-state index contributed by atoms with van der Waals surface area (Å²) in [6, 6.07) is 0. The van der Waals surface area contributed by atoms with Crippen molar-refractivity contribution >= 4 is 11.6 Å². The number of aromatic nitrogens is 4. The minimum Gasteiger partial charge on any atom is -0.360 e. The minimum atomic E-state index is -0.495. The molecule has 0 aliphatic rings. The Bertz CT molecular complexity index is 627. The molecular weight excluding hydrogens is 248 g/mol. The monoisotopic (exact) mass is 264 g/mol. The molecule has 0 atom stereocenters. The predicted octanol–water partition coefficient (Wildman–Crippen LogP) is 1.29. The van der Waals surface area contributed by atoms with E-state index in [2.05, 4.69) is 15.4 Å². The Hall–Kier alpha value is -2.38. The highest BCUT2D eigenvalue weighted by Crippen LogP contribution is 2.22. The van der Waals surface area contributed by atoms with Gasteiger partial charge in [0.2, 0.25) is 12.1 Å². The summed E-state index contributed by atoms with van der Waals surface area (Å²) in [5, 5.41) is 18.2. The molecule has 2 rings (SSSR count). The van der Waals surface area contributed by atoms with Crippen molar-refractivity contribution in [3.63, 3.8) is 0 Å². The third-order valence-electron chi connectivity index (χ3n) is 3.18. The lowest BCUT2D eigenvalue weighted by atomic mass is 10.2. The van der Waals surface area contributed by atoms with E-state index in [1.807, 2.05) is 20.9 Å². The fourth-order valence-corrected chi connectivity index (χ4v) is 2.00. The van der Waals surface area contributed by atoms with Gasteiger partial charge in [-0.1, -0.05) is 0 Å². The second kappa shape index (κ2) is 4.71. The van der Waals surface area contributed by atoms with Crippen LogP contribution in [0.25, 0.3) is 0 Å². The normalized spacial score (nSPS) is 10.7. The largest absolute Gasteiger partial charge is 0.406 e. The molecule has 2 aromatic heterocycles. The quantitative estimate of drug-likeness (QED) is 0.663. The molecule has 0 amide bonds. The fourth-order valence-electron chi connectivity index (χ4n) is 2.00. The zero-order valence-corrected chi connectivity index (χ0v) is 11.3. The Labute approximate surface area is 110 Å². The molecule has 0 aliphatic heterocycles. The highest BCUT2D eigenvalue weighted by molar-refractivity contribution is 5.52. The van der Waals surface area contributed by atoms with Crippen LogP contribution in [0.2, 0.25) is 0 Å². The number of imidazole rings is 1. The van der Waals surface area contributed by atoms with Gasteiger partial charge < -0.3 is 15.4 Å². The van der Waals surface area contributed by atoms with Crippen LogP contribution in [-0.4, -0.2) is 24.3 Å². The van der Waals surface area contributed by atoms with Crippen molar-refractivity contribution in [2.45, 2.75) is 20.4 Å². The van der Waals surface area contributed by atoms with E-state index in [1.165, 1.54) is 6.33 Å². The van der Waals surface area contributed by atoms with Crippen LogP contribution in [0.1, 0.15) is 17.0 Å². The molecule has 0 saturated carbocycles. The predicted molar refractivity (Wildman–Crippen MR) is 69.9 cm³/mol. The maximum atomic E-state index is 10.9. The summed E-state index contributed by atoms with van der Waals surface area (Å²) in [5.41, 5.74) is 2.99. The van der Waals surface area contributed by atoms with Crippen molar-refractivity contribution in [1.82, 2.24) is 19.3 Å². The molecule has 2 heterocycles. The van der Waals surface area contributed by atoms with E-state index in [4.69, 9.17) is 0 Å². The molecule has 0 fully saturated rings. The summed E-state index contributed by atoms with van der Waals surface area (Å²) >= 11 is 0. The average Bonchev–Trinajstić information content (AvgIpc) is 2.80. The molecule has 0 radical (unpaired) electrons. The van der Waals surface area contributed by atoms with Gasteiger partial charge in [-0.25, -0.2) is 0 Å². The summed E-state index contributed by atoms with van der Waals surface area (Å²) in [6.07, 6.45) is 1.42. The summed E-state index contributed by atoms with van der Waals surface area (Å²) < 4.78 is 3.39. The third kappa shape index (κ3) is 2.28. The standard InChI is InChI=1S/C11H16N6O2/c1-7-9(8(2)16(4)14-7)5-12-10-11(17(18)19)13-6-15(10)3/h6,12H,5H2,1-4H3. The van der Waals surface area contributed by atoms with Crippen LogP contribution in [0.4, 0.5) is 11.6 Å². The Kier molecular flexibility index (Phi) is 3.24. The molecule has 2 aromatic rings. The van der Waals surface area contributed by atoms with Gasteiger partial charge in [0.25, 0.3) is 0 Å². The van der Waals surface area contributed by atoms with Crippen LogP contribution in [0.15, 0.2) is 6.33 Å². The second-order valence-corrected chi connectivity index (χ2v) is 4.41. The first-order chi connectivity index (χ1) is 8.91. The van der Waals surface area contributed by atoms with Gasteiger partial charge in [0.05, 0.1) is 5.69 Å². The van der Waals surface area contributed by atoms with Crippen LogP contribution >= 0.6 is 0 Å². The van der Waals surface area contributed by atoms with Crippen molar-refractivity contribution in [2.75, 3.05) is 5.32 Å². The number of anilines is 1. The Balaban J connectivity index is 2.24. The zero-order chi connectivity index (χ0) is 14.2. The second-order valence-electron chi connectivity index (χ2n) is 4.41. The lowest BCUT2D eigenvalue weighted by Gasteiger charge is -2.06. The van der Waals surface area contributed by atoms with Crippen LogP contribution in [0.3, 0.4) is 0 Å². The van der Waals surface area contributed by atoms with Gasteiger partial charge in [0, 0.05) is 31.9 Å². The van der Waals surface area contributed by atoms with Crippen LogP contribution in [0, 0.1) is 24.0 Å². The Morgan fingerprint density at radius 1 is 1.42 bits per heavy atom. The molecule has 0 aromatic carbocycles. The number of aryl methyl sites for hydroxylation is 3. The molecular formula is C11H16N6O2. The van der Waals surface area contributed by atoms with Gasteiger partial charge in [-0.2, -0.15) is 5.10 Å². The number of nitro groups is 1. The third-order valence-corrected chi connectivity index (χ3v) is 3.18. The van der Waals surface area contributed by atoms with Gasteiger partial charge >= 0.3 is 5.82 Å². The summed E-state index contributed by atoms with van der Waals surface area (Å²) in [4.78, 5) is 14.1. The number of nitrogens with one attached hydrogen (secondary N) is 1. The zero-order valence-electron chi connectivity index (χ0n) is 11.3. The van der Waals surface area contributed by atoms with Gasteiger partial charge in [-0.05, 0) is 23.8 Å². The summed E-state index contributed by atoms with van der Waals surface area (Å²) in [7, 11) is 3.59. The smallest absolute Gasteiger partial charge is 0.360 e. The summed E-state index contributed by atoms with van der Waals surface area (Å²) in [5.74, 6) is 0.231. The van der Waals surface area contributed by atoms with Crippen LogP contribution < -0.4 is 5.32 Å². The van der Waals surface area contributed by atoms with Gasteiger partial charge in [0.1, 0.15) is 0 Å². The number of hydrogen-bond donors (Lipinski definition) is 1. The Morgan fingerprint density at radius 2 is 2.11 bits per heavy atom. The molecule has 102 valence electrons. The SMILES string of the molecule is Cc1nn(C)c(C)c1CNc1c([N+](=O)[O-])ncn1C. The minimum absolute atomic E-state index is 0.165. The molecule has 19 heavy (non-hydrogen) atoms. The molecule has 0 unspecified atom stereocenters. The van der Waals surface area contributed by atoms with Crippen molar-refractivity contribution in [3.8, 4) is 0 Å². The van der Waals surface area contributed by atoms with E-state index in [0.29, 0.717) is 12.4 Å².